The van der Waals surface area contributed by atoms with Crippen molar-refractivity contribution in [3.8, 4) is 5.75 Å². The molecule has 0 atom stereocenters. The second-order valence-corrected chi connectivity index (χ2v) is 8.25. The molecule has 0 fully saturated rings. The minimum atomic E-state index is -4.39. The molecule has 0 amide bonds. The maximum atomic E-state index is 14.0. The third-order valence-corrected chi connectivity index (χ3v) is 6.58. The highest BCUT2D eigenvalue weighted by Gasteiger charge is 2.45. The molecule has 13 heteroatoms. The van der Waals surface area contributed by atoms with E-state index in [2.05, 4.69) is 15.9 Å². The monoisotopic (exact) mass is 496 g/mol. The van der Waals surface area contributed by atoms with Gasteiger partial charge in [0.15, 0.2) is 0 Å². The predicted octanol–water partition coefficient (Wildman–Crippen LogP) is 5.43. The molecule has 1 aromatic heterocycles. The number of ether oxygens (including phenoxy) is 1. The molecular weight excluding hydrogens is 486 g/mol. The summed E-state index contributed by atoms with van der Waals surface area (Å²) in [7, 11) is -3.66. The fraction of sp³-hybridized carbons (Fsp3) is 0.357. The Morgan fingerprint density at radius 2 is 1.85 bits per heavy atom. The van der Waals surface area contributed by atoms with Gasteiger partial charge in [-0.25, -0.2) is 4.79 Å². The maximum absolute atomic E-state index is 14.0. The SMILES string of the molecule is O=C(O)c1cc(OCCCC(F)(F)F)c2sc(C(F)(F)P(O)O)c(Br)c2c1. The summed E-state index contributed by atoms with van der Waals surface area (Å²) < 4.78 is 69.7. The number of aromatic carboxylic acids is 1. The zero-order valence-electron chi connectivity index (χ0n) is 13.1. The van der Waals surface area contributed by atoms with Crippen molar-refractivity contribution < 1.29 is 46.4 Å². The maximum Gasteiger partial charge on any atom is 0.389 e. The fourth-order valence-corrected chi connectivity index (χ4v) is 4.89. The van der Waals surface area contributed by atoms with Gasteiger partial charge in [-0.3, -0.25) is 0 Å². The van der Waals surface area contributed by atoms with Crippen molar-refractivity contribution >= 4 is 51.7 Å². The van der Waals surface area contributed by atoms with Gasteiger partial charge in [0.25, 0.3) is 0 Å². The van der Waals surface area contributed by atoms with E-state index in [-0.39, 0.29) is 25.9 Å². The third-order valence-electron chi connectivity index (χ3n) is 3.33. The predicted molar refractivity (Wildman–Crippen MR) is 92.5 cm³/mol. The molecule has 1 aromatic carbocycles. The summed E-state index contributed by atoms with van der Waals surface area (Å²) in [5.74, 6) is -1.57. The Kier molecular flexibility index (Phi) is 6.68. The fourth-order valence-electron chi connectivity index (χ4n) is 2.11. The van der Waals surface area contributed by atoms with Crippen molar-refractivity contribution in [3.63, 3.8) is 0 Å². The third kappa shape index (κ3) is 5.05. The number of alkyl halides is 5. The van der Waals surface area contributed by atoms with E-state index >= 15 is 0 Å². The van der Waals surface area contributed by atoms with E-state index in [9.17, 15) is 26.7 Å². The summed E-state index contributed by atoms with van der Waals surface area (Å²) in [6, 6.07) is 2.10. The molecule has 0 radical (unpaired) electrons. The van der Waals surface area contributed by atoms with Crippen LogP contribution in [0.25, 0.3) is 10.1 Å². The van der Waals surface area contributed by atoms with E-state index in [1.54, 1.807) is 0 Å². The first kappa shape index (κ1) is 22.2. The summed E-state index contributed by atoms with van der Waals surface area (Å²) in [5, 5.41) is 9.16. The van der Waals surface area contributed by atoms with E-state index in [0.717, 1.165) is 12.1 Å². The molecule has 5 nitrogen and oxygen atoms in total. The Morgan fingerprint density at radius 1 is 1.22 bits per heavy atom. The number of hydrogen-bond acceptors (Lipinski definition) is 5. The van der Waals surface area contributed by atoms with E-state index in [1.807, 2.05) is 0 Å². The molecule has 150 valence electrons. The molecule has 0 saturated heterocycles. The number of carboxylic acids is 1. The van der Waals surface area contributed by atoms with Gasteiger partial charge in [-0.05, 0) is 34.5 Å². The second kappa shape index (κ2) is 8.12. The van der Waals surface area contributed by atoms with Gasteiger partial charge < -0.3 is 19.6 Å². The highest BCUT2D eigenvalue weighted by Crippen LogP contribution is 2.58. The zero-order chi connectivity index (χ0) is 20.6. The normalized spacial score (nSPS) is 12.8. The van der Waals surface area contributed by atoms with Gasteiger partial charge in [0, 0.05) is 16.3 Å². The standard InChI is InChI=1S/C14H11BrF5O5PS/c15-9-7-4-6(12(21)22)5-8(25-3-1-2-13(16,17)18)10(7)27-11(9)14(19,20)26(23)24/h4-5,23-24H,1-3H2,(H,21,22). The molecule has 2 rings (SSSR count). The molecule has 0 aliphatic heterocycles. The summed E-state index contributed by atoms with van der Waals surface area (Å²) >= 11 is 3.33. The molecule has 2 aromatic rings. The minimum absolute atomic E-state index is 0.0113. The Balaban J connectivity index is 2.47. The van der Waals surface area contributed by atoms with Gasteiger partial charge in [-0.2, -0.15) is 22.0 Å². The Morgan fingerprint density at radius 3 is 2.37 bits per heavy atom. The van der Waals surface area contributed by atoms with Crippen LogP contribution in [0.4, 0.5) is 22.0 Å². The van der Waals surface area contributed by atoms with Gasteiger partial charge in [0.05, 0.1) is 21.7 Å². The van der Waals surface area contributed by atoms with Crippen molar-refractivity contribution in [2.45, 2.75) is 24.7 Å². The highest BCUT2D eigenvalue weighted by molar-refractivity contribution is 9.10. The lowest BCUT2D eigenvalue weighted by Crippen LogP contribution is -2.10. The second-order valence-electron chi connectivity index (χ2n) is 5.30. The zero-order valence-corrected chi connectivity index (χ0v) is 16.4. The van der Waals surface area contributed by atoms with Crippen LogP contribution in [0.1, 0.15) is 28.1 Å². The number of thiophene rings is 1. The first-order chi connectivity index (χ1) is 12.3. The number of benzene rings is 1. The van der Waals surface area contributed by atoms with Gasteiger partial charge in [-0.1, -0.05) is 0 Å². The van der Waals surface area contributed by atoms with Gasteiger partial charge in [0.2, 0.25) is 8.38 Å². The van der Waals surface area contributed by atoms with Gasteiger partial charge in [0.1, 0.15) is 5.75 Å². The number of rotatable bonds is 7. The molecule has 0 unspecified atom stereocenters. The summed E-state index contributed by atoms with van der Waals surface area (Å²) in [6.45, 7) is -0.411. The van der Waals surface area contributed by atoms with E-state index < -0.39 is 50.5 Å². The van der Waals surface area contributed by atoms with Crippen LogP contribution in [0.3, 0.4) is 0 Å². The van der Waals surface area contributed by atoms with Crippen molar-refractivity contribution in [2.75, 3.05) is 6.61 Å². The van der Waals surface area contributed by atoms with Crippen LogP contribution in [0.5, 0.6) is 5.75 Å². The van der Waals surface area contributed by atoms with Crippen molar-refractivity contribution in [2.24, 2.45) is 0 Å². The molecule has 0 bridgehead atoms. The van der Waals surface area contributed by atoms with E-state index in [4.69, 9.17) is 19.6 Å². The van der Waals surface area contributed by atoms with Crippen molar-refractivity contribution in [1.29, 1.82) is 0 Å². The number of carbonyl (C=O) groups is 1. The average Bonchev–Trinajstić information content (AvgIpc) is 2.88. The topological polar surface area (TPSA) is 87.0 Å². The van der Waals surface area contributed by atoms with Crippen LogP contribution in [-0.2, 0) is 5.66 Å². The Bertz CT molecular complexity index is 855. The summed E-state index contributed by atoms with van der Waals surface area (Å²) in [6.07, 6.45) is -5.91. The molecule has 0 saturated carbocycles. The average molecular weight is 497 g/mol. The summed E-state index contributed by atoms with van der Waals surface area (Å²) in [4.78, 5) is 28.4. The lowest BCUT2D eigenvalue weighted by molar-refractivity contribution is -0.136. The lowest BCUT2D eigenvalue weighted by atomic mass is 10.1. The van der Waals surface area contributed by atoms with E-state index in [1.165, 1.54) is 0 Å². The smallest absolute Gasteiger partial charge is 0.389 e. The number of halogens is 6. The molecule has 0 aliphatic rings. The lowest BCUT2D eigenvalue weighted by Gasteiger charge is -2.15. The molecule has 0 aliphatic carbocycles. The van der Waals surface area contributed by atoms with Crippen LogP contribution >= 0.6 is 35.6 Å². The van der Waals surface area contributed by atoms with Crippen LogP contribution in [0, 0.1) is 0 Å². The van der Waals surface area contributed by atoms with E-state index in [0.29, 0.717) is 11.3 Å². The largest absolute Gasteiger partial charge is 0.492 e. The molecule has 1 heterocycles. The van der Waals surface area contributed by atoms with Crippen LogP contribution in [0.2, 0.25) is 0 Å². The van der Waals surface area contributed by atoms with Crippen molar-refractivity contribution in [3.05, 3.63) is 27.0 Å². The minimum Gasteiger partial charge on any atom is -0.492 e. The Hall–Kier alpha value is -1.07. The molecule has 27 heavy (non-hydrogen) atoms. The number of carboxylic acid groups (broad SMARTS) is 1. The van der Waals surface area contributed by atoms with Gasteiger partial charge in [-0.15, -0.1) is 11.3 Å². The quantitative estimate of drug-likeness (QED) is 0.270. The highest BCUT2D eigenvalue weighted by atomic mass is 79.9. The van der Waals surface area contributed by atoms with Crippen molar-refractivity contribution in [1.82, 2.24) is 0 Å². The van der Waals surface area contributed by atoms with Gasteiger partial charge >= 0.3 is 17.8 Å². The molecule has 3 N–H and O–H groups in total. The first-order valence-electron chi connectivity index (χ1n) is 7.09. The first-order valence-corrected chi connectivity index (χ1v) is 9.95. The van der Waals surface area contributed by atoms with Crippen LogP contribution in [0.15, 0.2) is 16.6 Å². The molecule has 0 spiro atoms. The summed E-state index contributed by atoms with van der Waals surface area (Å²) in [5.41, 5.74) is -4.31. The number of fused-ring (bicyclic) bond motifs is 1. The van der Waals surface area contributed by atoms with Crippen LogP contribution < -0.4 is 4.74 Å². The molecular formula is C14H11BrF5O5PS. The number of hydrogen-bond donors (Lipinski definition) is 3. The Labute approximate surface area is 162 Å². The van der Waals surface area contributed by atoms with Crippen LogP contribution in [-0.4, -0.2) is 33.6 Å².